The number of anilines is 2. The summed E-state index contributed by atoms with van der Waals surface area (Å²) in [5.41, 5.74) is 1.99. The summed E-state index contributed by atoms with van der Waals surface area (Å²) in [6.45, 7) is 1.76. The second-order valence-electron chi connectivity index (χ2n) is 8.65. The molecule has 1 saturated heterocycles. The number of piperidine rings is 1. The molecule has 2 fully saturated rings. The van der Waals surface area contributed by atoms with Gasteiger partial charge in [0.1, 0.15) is 5.82 Å². The van der Waals surface area contributed by atoms with Crippen LogP contribution in [-0.2, 0) is 0 Å². The van der Waals surface area contributed by atoms with Crippen LogP contribution in [0.1, 0.15) is 42.5 Å². The van der Waals surface area contributed by atoms with E-state index in [4.69, 9.17) is 4.98 Å². The fourth-order valence-electron chi connectivity index (χ4n) is 4.37. The number of aromatic nitrogens is 2. The molecule has 164 valence electrons. The normalized spacial score (nSPS) is 17.1. The predicted molar refractivity (Wildman–Crippen MR) is 124 cm³/mol. The molecule has 3 aromatic rings. The minimum absolute atomic E-state index is 0.0835. The van der Waals surface area contributed by atoms with Gasteiger partial charge >= 0.3 is 0 Å². The SMILES string of the molecule is O=C(c1cnc(N2CCCCC2)nc1-c1ccccc1F)C(Nc1ccccc1)C1CC1. The number of nitrogens with zero attached hydrogens (tertiary/aromatic N) is 3. The molecular formula is C26H27FN4O. The Morgan fingerprint density at radius 3 is 2.44 bits per heavy atom. The first-order valence-corrected chi connectivity index (χ1v) is 11.4. The van der Waals surface area contributed by atoms with E-state index in [1.807, 2.05) is 30.3 Å². The molecule has 2 heterocycles. The van der Waals surface area contributed by atoms with Gasteiger partial charge in [0.25, 0.3) is 0 Å². The minimum Gasteiger partial charge on any atom is -0.375 e. The number of halogens is 1. The van der Waals surface area contributed by atoms with Gasteiger partial charge in [-0.05, 0) is 62.3 Å². The van der Waals surface area contributed by atoms with E-state index in [1.165, 1.54) is 12.5 Å². The molecule has 0 bridgehead atoms. The summed E-state index contributed by atoms with van der Waals surface area (Å²) in [6, 6.07) is 15.9. The van der Waals surface area contributed by atoms with Crippen LogP contribution in [0.4, 0.5) is 16.0 Å². The molecule has 2 aromatic carbocycles. The number of nitrogens with one attached hydrogen (secondary N) is 1. The molecule has 32 heavy (non-hydrogen) atoms. The predicted octanol–water partition coefficient (Wildman–Crippen LogP) is 5.35. The minimum atomic E-state index is -0.385. The Kier molecular flexibility index (Phi) is 5.84. The smallest absolute Gasteiger partial charge is 0.225 e. The number of hydrogen-bond donors (Lipinski definition) is 1. The first kappa shape index (κ1) is 20.6. The van der Waals surface area contributed by atoms with Crippen LogP contribution >= 0.6 is 0 Å². The molecule has 5 nitrogen and oxygen atoms in total. The van der Waals surface area contributed by atoms with Crippen LogP contribution in [0.3, 0.4) is 0 Å². The Morgan fingerprint density at radius 2 is 1.72 bits per heavy atom. The van der Waals surface area contributed by atoms with Crippen LogP contribution < -0.4 is 10.2 Å². The highest BCUT2D eigenvalue weighted by Gasteiger charge is 2.38. The molecule has 1 aliphatic heterocycles. The van der Waals surface area contributed by atoms with Crippen LogP contribution in [-0.4, -0.2) is 34.9 Å². The van der Waals surface area contributed by atoms with Crippen molar-refractivity contribution in [2.24, 2.45) is 5.92 Å². The van der Waals surface area contributed by atoms with E-state index < -0.39 is 0 Å². The lowest BCUT2D eigenvalue weighted by atomic mass is 9.96. The van der Waals surface area contributed by atoms with Crippen molar-refractivity contribution >= 4 is 17.4 Å². The van der Waals surface area contributed by atoms with E-state index in [2.05, 4.69) is 15.2 Å². The van der Waals surface area contributed by atoms with Gasteiger partial charge in [-0.15, -0.1) is 0 Å². The quantitative estimate of drug-likeness (QED) is 0.512. The molecule has 0 amide bonds. The van der Waals surface area contributed by atoms with Gasteiger partial charge in [-0.1, -0.05) is 30.3 Å². The largest absolute Gasteiger partial charge is 0.375 e. The number of rotatable bonds is 7. The van der Waals surface area contributed by atoms with Crippen molar-refractivity contribution in [1.29, 1.82) is 0 Å². The highest BCUT2D eigenvalue weighted by molar-refractivity contribution is 6.06. The molecule has 6 heteroatoms. The topological polar surface area (TPSA) is 58.1 Å². The van der Waals surface area contributed by atoms with Crippen molar-refractivity contribution in [2.75, 3.05) is 23.3 Å². The Labute approximate surface area is 187 Å². The van der Waals surface area contributed by atoms with Crippen LogP contribution in [0.2, 0.25) is 0 Å². The second kappa shape index (κ2) is 9.07. The maximum absolute atomic E-state index is 14.8. The van der Waals surface area contributed by atoms with Crippen molar-refractivity contribution in [3.05, 3.63) is 72.2 Å². The Morgan fingerprint density at radius 1 is 1.00 bits per heavy atom. The number of carbonyl (C=O) groups excluding carboxylic acids is 1. The van der Waals surface area contributed by atoms with E-state index in [0.29, 0.717) is 22.8 Å². The van der Waals surface area contributed by atoms with Crippen LogP contribution in [0.15, 0.2) is 60.8 Å². The van der Waals surface area contributed by atoms with Crippen molar-refractivity contribution in [1.82, 2.24) is 9.97 Å². The van der Waals surface area contributed by atoms with E-state index in [-0.39, 0.29) is 23.6 Å². The molecule has 1 aliphatic carbocycles. The van der Waals surface area contributed by atoms with Gasteiger partial charge in [0.05, 0.1) is 17.3 Å². The first-order chi connectivity index (χ1) is 15.7. The summed E-state index contributed by atoms with van der Waals surface area (Å²) in [7, 11) is 0. The fraction of sp³-hybridized carbons (Fsp3) is 0.346. The number of benzene rings is 2. The monoisotopic (exact) mass is 430 g/mol. The second-order valence-corrected chi connectivity index (χ2v) is 8.65. The zero-order valence-corrected chi connectivity index (χ0v) is 18.0. The van der Waals surface area contributed by atoms with Gasteiger partial charge in [-0.25, -0.2) is 14.4 Å². The molecule has 1 aromatic heterocycles. The van der Waals surface area contributed by atoms with E-state index in [0.717, 1.165) is 44.5 Å². The number of Topliss-reactive ketones (excluding diaryl/α,β-unsaturated/α-hetero) is 1. The average Bonchev–Trinajstić information content (AvgIpc) is 3.69. The van der Waals surface area contributed by atoms with E-state index >= 15 is 0 Å². The summed E-state index contributed by atoms with van der Waals surface area (Å²) in [6.07, 6.45) is 6.97. The van der Waals surface area contributed by atoms with Gasteiger partial charge < -0.3 is 10.2 Å². The average molecular weight is 431 g/mol. The maximum atomic E-state index is 14.8. The van der Waals surface area contributed by atoms with Crippen LogP contribution in [0, 0.1) is 11.7 Å². The standard InChI is InChI=1S/C26H27FN4O/c27-22-12-6-5-11-20(22)24-21(17-28-26(30-24)31-15-7-2-8-16-31)25(32)23(18-13-14-18)29-19-9-3-1-4-10-19/h1,3-6,9-12,17-18,23,29H,2,7-8,13-16H2. The van der Waals surface area contributed by atoms with Gasteiger partial charge in [0, 0.05) is 30.5 Å². The summed E-state index contributed by atoms with van der Waals surface area (Å²) < 4.78 is 14.8. The molecule has 1 saturated carbocycles. The lowest BCUT2D eigenvalue weighted by Gasteiger charge is -2.27. The van der Waals surface area contributed by atoms with Crippen molar-refractivity contribution in [3.8, 4) is 11.3 Å². The number of para-hydroxylation sites is 1. The Balaban J connectivity index is 1.54. The lowest BCUT2D eigenvalue weighted by Crippen LogP contribution is -2.34. The lowest BCUT2D eigenvalue weighted by molar-refractivity contribution is 0.0961. The van der Waals surface area contributed by atoms with Crippen molar-refractivity contribution in [3.63, 3.8) is 0 Å². The van der Waals surface area contributed by atoms with Gasteiger partial charge in [0.2, 0.25) is 5.95 Å². The summed E-state index contributed by atoms with van der Waals surface area (Å²) in [5, 5.41) is 3.40. The molecular weight excluding hydrogens is 403 g/mol. The van der Waals surface area contributed by atoms with Crippen LogP contribution in [0.25, 0.3) is 11.3 Å². The molecule has 5 rings (SSSR count). The Bertz CT molecular complexity index is 1090. The molecule has 1 N–H and O–H groups in total. The zero-order valence-electron chi connectivity index (χ0n) is 18.0. The molecule has 0 radical (unpaired) electrons. The Hall–Kier alpha value is -3.28. The van der Waals surface area contributed by atoms with Gasteiger partial charge in [-0.2, -0.15) is 0 Å². The zero-order chi connectivity index (χ0) is 21.9. The summed E-state index contributed by atoms with van der Waals surface area (Å²) in [5.74, 6) is 0.361. The molecule has 1 atom stereocenters. The van der Waals surface area contributed by atoms with Gasteiger partial charge in [0.15, 0.2) is 5.78 Å². The molecule has 2 aliphatic rings. The van der Waals surface area contributed by atoms with Gasteiger partial charge in [-0.3, -0.25) is 4.79 Å². The van der Waals surface area contributed by atoms with Crippen molar-refractivity contribution < 1.29 is 9.18 Å². The number of ketones is 1. The third-order valence-electron chi connectivity index (χ3n) is 6.28. The fourth-order valence-corrected chi connectivity index (χ4v) is 4.37. The first-order valence-electron chi connectivity index (χ1n) is 11.4. The summed E-state index contributed by atoms with van der Waals surface area (Å²) >= 11 is 0. The molecule has 1 unspecified atom stereocenters. The van der Waals surface area contributed by atoms with Crippen molar-refractivity contribution in [2.45, 2.75) is 38.1 Å². The van der Waals surface area contributed by atoms with E-state index in [1.54, 1.807) is 24.4 Å². The highest BCUT2D eigenvalue weighted by atomic mass is 19.1. The highest BCUT2D eigenvalue weighted by Crippen LogP contribution is 2.37. The van der Waals surface area contributed by atoms with Crippen LogP contribution in [0.5, 0.6) is 0 Å². The third kappa shape index (κ3) is 4.35. The summed E-state index contributed by atoms with van der Waals surface area (Å²) in [4.78, 5) is 25.2. The number of hydrogen-bond acceptors (Lipinski definition) is 5. The maximum Gasteiger partial charge on any atom is 0.225 e. The third-order valence-corrected chi connectivity index (χ3v) is 6.28. The number of carbonyl (C=O) groups is 1. The van der Waals surface area contributed by atoms with E-state index in [9.17, 15) is 9.18 Å². The molecule has 0 spiro atoms.